The lowest BCUT2D eigenvalue weighted by Crippen LogP contribution is -2.18. The minimum Gasteiger partial charge on any atom is -0.508 e. The molecule has 2 aromatic rings. The SMILES string of the molecule is CNc1nc(N(C)Cc2cccc(O)c2C)n[nH]1. The van der Waals surface area contributed by atoms with Crippen molar-refractivity contribution in [1.29, 1.82) is 0 Å². The topological polar surface area (TPSA) is 77.1 Å². The molecular weight excluding hydrogens is 230 g/mol. The molecule has 1 aromatic carbocycles. The summed E-state index contributed by atoms with van der Waals surface area (Å²) in [4.78, 5) is 6.18. The standard InChI is InChI=1S/C12H17N5O/c1-8-9(5-4-6-10(8)18)7-17(3)12-14-11(13-2)15-16-12/h4-6,18H,7H2,1-3H3,(H2,13,14,15,16). The maximum absolute atomic E-state index is 9.66. The molecule has 0 aliphatic carbocycles. The fourth-order valence-corrected chi connectivity index (χ4v) is 1.70. The molecule has 0 saturated carbocycles. The number of nitrogens with one attached hydrogen (secondary N) is 2. The van der Waals surface area contributed by atoms with Crippen LogP contribution in [0.15, 0.2) is 18.2 Å². The Balaban J connectivity index is 2.15. The maximum Gasteiger partial charge on any atom is 0.246 e. The van der Waals surface area contributed by atoms with Crippen molar-refractivity contribution in [3.8, 4) is 5.75 Å². The molecule has 6 nitrogen and oxygen atoms in total. The Hall–Kier alpha value is -2.24. The number of aromatic hydroxyl groups is 1. The van der Waals surface area contributed by atoms with E-state index in [1.165, 1.54) is 0 Å². The quantitative estimate of drug-likeness (QED) is 0.763. The molecule has 1 heterocycles. The summed E-state index contributed by atoms with van der Waals surface area (Å²) in [5.74, 6) is 1.55. The average Bonchev–Trinajstić information content (AvgIpc) is 2.83. The highest BCUT2D eigenvalue weighted by atomic mass is 16.3. The highest BCUT2D eigenvalue weighted by Crippen LogP contribution is 2.21. The molecule has 0 bridgehead atoms. The van der Waals surface area contributed by atoms with Crippen LogP contribution >= 0.6 is 0 Å². The van der Waals surface area contributed by atoms with Crippen LogP contribution in [-0.2, 0) is 6.54 Å². The molecular formula is C12H17N5O. The van der Waals surface area contributed by atoms with Gasteiger partial charge in [0.25, 0.3) is 0 Å². The number of anilines is 2. The van der Waals surface area contributed by atoms with Gasteiger partial charge in [-0.1, -0.05) is 12.1 Å². The smallest absolute Gasteiger partial charge is 0.246 e. The molecule has 2 rings (SSSR count). The van der Waals surface area contributed by atoms with E-state index in [0.29, 0.717) is 24.2 Å². The highest BCUT2D eigenvalue weighted by molar-refractivity contribution is 5.42. The average molecular weight is 247 g/mol. The second kappa shape index (κ2) is 4.95. The monoisotopic (exact) mass is 247 g/mol. The van der Waals surface area contributed by atoms with Gasteiger partial charge < -0.3 is 15.3 Å². The molecule has 1 aromatic heterocycles. The third-order valence-corrected chi connectivity index (χ3v) is 2.88. The molecule has 0 aliphatic rings. The summed E-state index contributed by atoms with van der Waals surface area (Å²) in [6.45, 7) is 2.54. The van der Waals surface area contributed by atoms with Gasteiger partial charge in [-0.2, -0.15) is 4.98 Å². The zero-order chi connectivity index (χ0) is 13.1. The van der Waals surface area contributed by atoms with Gasteiger partial charge in [-0.05, 0) is 24.1 Å². The Morgan fingerprint density at radius 1 is 1.44 bits per heavy atom. The lowest BCUT2D eigenvalue weighted by Gasteiger charge is -2.16. The van der Waals surface area contributed by atoms with Crippen molar-refractivity contribution >= 4 is 11.9 Å². The van der Waals surface area contributed by atoms with Crippen LogP contribution in [-0.4, -0.2) is 34.4 Å². The van der Waals surface area contributed by atoms with Crippen LogP contribution in [0.4, 0.5) is 11.9 Å². The first-order valence-electron chi connectivity index (χ1n) is 5.70. The first-order valence-corrected chi connectivity index (χ1v) is 5.70. The highest BCUT2D eigenvalue weighted by Gasteiger charge is 2.10. The summed E-state index contributed by atoms with van der Waals surface area (Å²) in [5.41, 5.74) is 1.93. The number of nitrogens with zero attached hydrogens (tertiary/aromatic N) is 3. The van der Waals surface area contributed by atoms with Gasteiger partial charge in [0, 0.05) is 20.6 Å². The summed E-state index contributed by atoms with van der Waals surface area (Å²) in [7, 11) is 3.69. The normalized spacial score (nSPS) is 10.4. The number of hydrogen-bond donors (Lipinski definition) is 3. The van der Waals surface area contributed by atoms with Crippen molar-refractivity contribution in [2.24, 2.45) is 0 Å². The van der Waals surface area contributed by atoms with E-state index >= 15 is 0 Å². The Bertz CT molecular complexity index is 537. The van der Waals surface area contributed by atoms with E-state index in [-0.39, 0.29) is 0 Å². The summed E-state index contributed by atoms with van der Waals surface area (Å²) >= 11 is 0. The number of aromatic nitrogens is 3. The molecule has 0 amide bonds. The van der Waals surface area contributed by atoms with E-state index in [2.05, 4.69) is 20.5 Å². The predicted molar refractivity (Wildman–Crippen MR) is 70.9 cm³/mol. The van der Waals surface area contributed by atoms with E-state index in [1.807, 2.05) is 31.0 Å². The number of phenols is 1. The Kier molecular flexibility index (Phi) is 3.36. The first kappa shape index (κ1) is 12.2. The van der Waals surface area contributed by atoms with E-state index < -0.39 is 0 Å². The van der Waals surface area contributed by atoms with Gasteiger partial charge >= 0.3 is 0 Å². The van der Waals surface area contributed by atoms with E-state index in [4.69, 9.17) is 0 Å². The molecule has 0 aliphatic heterocycles. The van der Waals surface area contributed by atoms with Crippen LogP contribution in [0.5, 0.6) is 5.75 Å². The largest absolute Gasteiger partial charge is 0.508 e. The molecule has 3 N–H and O–H groups in total. The van der Waals surface area contributed by atoms with Crippen LogP contribution in [0.3, 0.4) is 0 Å². The van der Waals surface area contributed by atoms with Crippen molar-refractivity contribution in [3.05, 3.63) is 29.3 Å². The molecule has 0 spiro atoms. The van der Waals surface area contributed by atoms with Crippen molar-refractivity contribution in [2.45, 2.75) is 13.5 Å². The number of phenolic OH excluding ortho intramolecular Hbond substituents is 1. The summed E-state index contributed by atoms with van der Waals surface area (Å²) < 4.78 is 0. The Morgan fingerprint density at radius 2 is 2.22 bits per heavy atom. The van der Waals surface area contributed by atoms with Gasteiger partial charge in [0.2, 0.25) is 11.9 Å². The molecule has 6 heteroatoms. The Labute approximate surface area is 106 Å². The lowest BCUT2D eigenvalue weighted by molar-refractivity contribution is 0.470. The third-order valence-electron chi connectivity index (χ3n) is 2.88. The zero-order valence-electron chi connectivity index (χ0n) is 10.7. The van der Waals surface area contributed by atoms with Crippen LogP contribution in [0, 0.1) is 6.92 Å². The van der Waals surface area contributed by atoms with Gasteiger partial charge in [-0.25, -0.2) is 5.10 Å². The zero-order valence-corrected chi connectivity index (χ0v) is 10.7. The van der Waals surface area contributed by atoms with Gasteiger partial charge in [0.15, 0.2) is 0 Å². The molecule has 0 saturated heterocycles. The van der Waals surface area contributed by atoms with E-state index in [9.17, 15) is 5.11 Å². The minimum absolute atomic E-state index is 0.312. The minimum atomic E-state index is 0.312. The van der Waals surface area contributed by atoms with Crippen LogP contribution in [0.2, 0.25) is 0 Å². The molecule has 0 atom stereocenters. The van der Waals surface area contributed by atoms with Crippen molar-refractivity contribution < 1.29 is 5.11 Å². The van der Waals surface area contributed by atoms with Gasteiger partial charge in [-0.15, -0.1) is 5.10 Å². The predicted octanol–water partition coefficient (Wildman–Crippen LogP) is 1.50. The molecule has 96 valence electrons. The number of rotatable bonds is 4. The number of hydrogen-bond acceptors (Lipinski definition) is 5. The van der Waals surface area contributed by atoms with E-state index in [1.54, 1.807) is 13.1 Å². The molecule has 0 fully saturated rings. The second-order valence-corrected chi connectivity index (χ2v) is 4.15. The maximum atomic E-state index is 9.66. The first-order chi connectivity index (χ1) is 8.61. The lowest BCUT2D eigenvalue weighted by atomic mass is 10.1. The Morgan fingerprint density at radius 3 is 2.89 bits per heavy atom. The third kappa shape index (κ3) is 2.37. The van der Waals surface area contributed by atoms with E-state index in [0.717, 1.165) is 11.1 Å². The summed E-state index contributed by atoms with van der Waals surface area (Å²) in [5, 5.41) is 19.4. The number of benzene rings is 1. The summed E-state index contributed by atoms with van der Waals surface area (Å²) in [6.07, 6.45) is 0. The number of aromatic amines is 1. The van der Waals surface area contributed by atoms with Gasteiger partial charge in [-0.3, -0.25) is 0 Å². The molecule has 0 unspecified atom stereocenters. The number of H-pyrrole nitrogens is 1. The fraction of sp³-hybridized carbons (Fsp3) is 0.333. The van der Waals surface area contributed by atoms with Gasteiger partial charge in [0.1, 0.15) is 5.75 Å². The van der Waals surface area contributed by atoms with Crippen LogP contribution in [0.1, 0.15) is 11.1 Å². The molecule has 18 heavy (non-hydrogen) atoms. The van der Waals surface area contributed by atoms with Crippen LogP contribution in [0.25, 0.3) is 0 Å². The van der Waals surface area contributed by atoms with Crippen molar-refractivity contribution in [3.63, 3.8) is 0 Å². The molecule has 0 radical (unpaired) electrons. The fourth-order valence-electron chi connectivity index (χ4n) is 1.70. The second-order valence-electron chi connectivity index (χ2n) is 4.15. The van der Waals surface area contributed by atoms with Crippen molar-refractivity contribution in [2.75, 3.05) is 24.3 Å². The van der Waals surface area contributed by atoms with Crippen LogP contribution < -0.4 is 10.2 Å². The van der Waals surface area contributed by atoms with Crippen molar-refractivity contribution in [1.82, 2.24) is 15.2 Å². The summed E-state index contributed by atoms with van der Waals surface area (Å²) in [6, 6.07) is 5.50. The van der Waals surface area contributed by atoms with Gasteiger partial charge in [0.05, 0.1) is 0 Å².